The first-order valence-corrected chi connectivity index (χ1v) is 9.70. The maximum absolute atomic E-state index is 14.2. The summed E-state index contributed by atoms with van der Waals surface area (Å²) in [5.74, 6) is 4.77. The Labute approximate surface area is 179 Å². The third-order valence-corrected chi connectivity index (χ3v) is 4.59. The van der Waals surface area contributed by atoms with Crippen molar-refractivity contribution < 1.29 is 23.5 Å². The van der Waals surface area contributed by atoms with E-state index in [0.29, 0.717) is 22.8 Å². The summed E-state index contributed by atoms with van der Waals surface area (Å²) in [6.07, 6.45) is 0.207. The van der Waals surface area contributed by atoms with Crippen LogP contribution in [0.25, 0.3) is 0 Å². The summed E-state index contributed by atoms with van der Waals surface area (Å²) < 4.78 is 25.5. The van der Waals surface area contributed by atoms with Crippen LogP contribution in [0.5, 0.6) is 11.5 Å². The van der Waals surface area contributed by atoms with E-state index in [-0.39, 0.29) is 26.1 Å². The van der Waals surface area contributed by atoms with Gasteiger partial charge in [0.25, 0.3) is 0 Å². The van der Waals surface area contributed by atoms with Gasteiger partial charge < -0.3 is 19.7 Å². The molecule has 3 aromatic rings. The molecule has 0 saturated carbocycles. The van der Waals surface area contributed by atoms with Crippen molar-refractivity contribution in [1.29, 1.82) is 5.41 Å². The zero-order valence-corrected chi connectivity index (χ0v) is 16.8. The Balaban J connectivity index is 1.48. The van der Waals surface area contributed by atoms with Crippen molar-refractivity contribution >= 4 is 11.7 Å². The molecule has 0 heterocycles. The average molecular weight is 422 g/mol. The molecule has 0 aromatic heterocycles. The first kappa shape index (κ1) is 22.0. The highest BCUT2D eigenvalue weighted by Crippen LogP contribution is 2.20. The second kappa shape index (κ2) is 10.9. The van der Waals surface area contributed by atoms with E-state index in [2.05, 4.69) is 4.84 Å². The SMILES string of the molecule is N=C(COc1ccc(COc2ccc(CCC(=O)ON)c(F)c2)cc1)c1ccccc1. The maximum atomic E-state index is 14.2. The number of hydrogen-bond acceptors (Lipinski definition) is 6. The molecule has 0 aliphatic carbocycles. The molecule has 0 spiro atoms. The van der Waals surface area contributed by atoms with E-state index in [4.69, 9.17) is 20.8 Å². The number of hydrogen-bond donors (Lipinski definition) is 2. The lowest BCUT2D eigenvalue weighted by molar-refractivity contribution is -0.144. The number of nitrogens with two attached hydrogens (primary N) is 1. The Morgan fingerprint density at radius 2 is 1.65 bits per heavy atom. The van der Waals surface area contributed by atoms with Crippen LogP contribution in [0.2, 0.25) is 0 Å². The van der Waals surface area contributed by atoms with Crippen LogP contribution in [0, 0.1) is 11.2 Å². The quantitative estimate of drug-likeness (QED) is 0.377. The molecule has 31 heavy (non-hydrogen) atoms. The van der Waals surface area contributed by atoms with Crippen LogP contribution < -0.4 is 15.4 Å². The van der Waals surface area contributed by atoms with Crippen LogP contribution in [0.1, 0.15) is 23.1 Å². The zero-order valence-electron chi connectivity index (χ0n) is 16.8. The fourth-order valence-electron chi connectivity index (χ4n) is 2.84. The Kier molecular flexibility index (Phi) is 7.73. The Bertz CT molecular complexity index is 1020. The zero-order chi connectivity index (χ0) is 22.1. The molecule has 7 heteroatoms. The van der Waals surface area contributed by atoms with Crippen LogP contribution in [0.15, 0.2) is 72.8 Å². The van der Waals surface area contributed by atoms with E-state index in [9.17, 15) is 9.18 Å². The Morgan fingerprint density at radius 1 is 0.935 bits per heavy atom. The maximum Gasteiger partial charge on any atom is 0.324 e. The molecule has 0 fully saturated rings. The first-order valence-electron chi connectivity index (χ1n) is 9.70. The fourth-order valence-corrected chi connectivity index (χ4v) is 2.84. The minimum absolute atomic E-state index is 0.00681. The molecular weight excluding hydrogens is 399 g/mol. The van der Waals surface area contributed by atoms with Crippen molar-refractivity contribution in [1.82, 2.24) is 0 Å². The summed E-state index contributed by atoms with van der Waals surface area (Å²) in [7, 11) is 0. The summed E-state index contributed by atoms with van der Waals surface area (Å²) in [6, 6.07) is 21.2. The molecule has 160 valence electrons. The highest BCUT2D eigenvalue weighted by atomic mass is 19.1. The van der Waals surface area contributed by atoms with Crippen LogP contribution in [-0.2, 0) is 22.7 Å². The second-order valence-corrected chi connectivity index (χ2v) is 6.81. The Hall–Kier alpha value is -3.71. The topological polar surface area (TPSA) is 94.6 Å². The van der Waals surface area contributed by atoms with E-state index in [1.807, 2.05) is 42.5 Å². The molecular formula is C24H23FN2O4. The lowest BCUT2D eigenvalue weighted by atomic mass is 10.1. The average Bonchev–Trinajstić information content (AvgIpc) is 2.81. The number of benzene rings is 3. The van der Waals surface area contributed by atoms with Crippen molar-refractivity contribution in [3.05, 3.63) is 95.3 Å². The third-order valence-electron chi connectivity index (χ3n) is 4.59. The van der Waals surface area contributed by atoms with Crippen molar-refractivity contribution in [2.24, 2.45) is 5.90 Å². The van der Waals surface area contributed by atoms with Gasteiger partial charge in [0.15, 0.2) is 0 Å². The normalized spacial score (nSPS) is 10.4. The lowest BCUT2D eigenvalue weighted by Crippen LogP contribution is -2.11. The van der Waals surface area contributed by atoms with E-state index < -0.39 is 11.8 Å². The van der Waals surface area contributed by atoms with E-state index >= 15 is 0 Å². The van der Waals surface area contributed by atoms with Gasteiger partial charge in [0.1, 0.15) is 30.5 Å². The summed E-state index contributed by atoms with van der Waals surface area (Å²) in [4.78, 5) is 15.1. The van der Waals surface area contributed by atoms with Gasteiger partial charge in [-0.3, -0.25) is 4.79 Å². The van der Waals surface area contributed by atoms with E-state index in [1.165, 1.54) is 6.07 Å². The number of rotatable bonds is 10. The number of carbonyl (C=O) groups excluding carboxylic acids is 1. The van der Waals surface area contributed by atoms with Gasteiger partial charge >= 0.3 is 5.97 Å². The molecule has 0 bridgehead atoms. The molecule has 0 amide bonds. The summed E-state index contributed by atoms with van der Waals surface area (Å²) in [6.45, 7) is 0.437. The molecule has 3 rings (SSSR count). The number of halogens is 1. The van der Waals surface area contributed by atoms with Gasteiger partial charge in [-0.15, -0.1) is 0 Å². The highest BCUT2D eigenvalue weighted by Gasteiger charge is 2.08. The molecule has 3 N–H and O–H groups in total. The predicted molar refractivity (Wildman–Crippen MR) is 115 cm³/mol. The number of ether oxygens (including phenoxy) is 2. The van der Waals surface area contributed by atoms with Gasteiger partial charge in [-0.05, 0) is 41.3 Å². The first-order chi connectivity index (χ1) is 15.0. The Morgan fingerprint density at radius 3 is 2.32 bits per heavy atom. The van der Waals surface area contributed by atoms with Crippen LogP contribution in [0.3, 0.4) is 0 Å². The molecule has 0 radical (unpaired) electrons. The second-order valence-electron chi connectivity index (χ2n) is 6.81. The fraction of sp³-hybridized carbons (Fsp3) is 0.167. The monoisotopic (exact) mass is 422 g/mol. The number of aryl methyl sites for hydroxylation is 1. The van der Waals surface area contributed by atoms with Crippen LogP contribution in [0.4, 0.5) is 4.39 Å². The van der Waals surface area contributed by atoms with Crippen molar-refractivity contribution in [2.45, 2.75) is 19.4 Å². The molecule has 0 atom stereocenters. The van der Waals surface area contributed by atoms with E-state index in [0.717, 1.165) is 11.1 Å². The number of carbonyl (C=O) groups is 1. The largest absolute Gasteiger partial charge is 0.489 e. The summed E-state index contributed by atoms with van der Waals surface area (Å²) >= 11 is 0. The van der Waals surface area contributed by atoms with Crippen LogP contribution in [-0.4, -0.2) is 18.3 Å². The molecule has 3 aromatic carbocycles. The van der Waals surface area contributed by atoms with Gasteiger partial charge in [0.05, 0.1) is 12.1 Å². The summed E-state index contributed by atoms with van der Waals surface area (Å²) in [5, 5.41) is 8.07. The minimum atomic E-state index is -0.593. The molecule has 0 aliphatic heterocycles. The minimum Gasteiger partial charge on any atom is -0.489 e. The van der Waals surface area contributed by atoms with Crippen LogP contribution >= 0.6 is 0 Å². The third kappa shape index (κ3) is 6.65. The smallest absolute Gasteiger partial charge is 0.324 e. The van der Waals surface area contributed by atoms with Crippen molar-refractivity contribution in [3.63, 3.8) is 0 Å². The van der Waals surface area contributed by atoms with Gasteiger partial charge in [-0.2, -0.15) is 5.90 Å². The van der Waals surface area contributed by atoms with Gasteiger partial charge in [-0.1, -0.05) is 48.5 Å². The molecule has 0 unspecified atom stereocenters. The lowest BCUT2D eigenvalue weighted by Gasteiger charge is -2.10. The predicted octanol–water partition coefficient (Wildman–Crippen LogP) is 4.20. The van der Waals surface area contributed by atoms with Gasteiger partial charge in [-0.25, -0.2) is 4.39 Å². The van der Waals surface area contributed by atoms with E-state index in [1.54, 1.807) is 24.3 Å². The van der Waals surface area contributed by atoms with Gasteiger partial charge in [0, 0.05) is 6.07 Å². The number of nitrogens with one attached hydrogen (secondary N) is 1. The standard InChI is InChI=1S/C24H23FN2O4/c25-22-14-21(12-8-18(22)9-13-24(28)31-27)29-15-17-6-10-20(11-7-17)30-16-23(26)19-4-2-1-3-5-19/h1-8,10-12,14,26H,9,13,15-16,27H2. The van der Waals surface area contributed by atoms with Gasteiger partial charge in [0.2, 0.25) is 0 Å². The van der Waals surface area contributed by atoms with Crippen molar-refractivity contribution in [2.75, 3.05) is 6.61 Å². The van der Waals surface area contributed by atoms with Crippen molar-refractivity contribution in [3.8, 4) is 11.5 Å². The molecule has 6 nitrogen and oxygen atoms in total. The summed E-state index contributed by atoms with van der Waals surface area (Å²) in [5.41, 5.74) is 2.50. The molecule has 0 aliphatic rings. The molecule has 0 saturated heterocycles. The highest BCUT2D eigenvalue weighted by molar-refractivity contribution is 5.99.